The van der Waals surface area contributed by atoms with Crippen LogP contribution in [0.25, 0.3) is 33.6 Å². The summed E-state index contributed by atoms with van der Waals surface area (Å²) < 4.78 is 20.4. The van der Waals surface area contributed by atoms with Crippen molar-refractivity contribution in [3.05, 3.63) is 84.3 Å². The molecule has 2 atom stereocenters. The molecule has 0 saturated carbocycles. The molecule has 0 aliphatic carbocycles. The van der Waals surface area contributed by atoms with Crippen LogP contribution in [0.4, 0.5) is 4.39 Å². The lowest BCUT2D eigenvalue weighted by Gasteiger charge is -2.35. The van der Waals surface area contributed by atoms with Crippen LogP contribution in [0.15, 0.2) is 71.4 Å². The summed E-state index contributed by atoms with van der Waals surface area (Å²) in [5.74, 6) is 1.51. The molecule has 0 bridgehead atoms. The van der Waals surface area contributed by atoms with E-state index in [2.05, 4.69) is 37.2 Å². The summed E-state index contributed by atoms with van der Waals surface area (Å²) in [5.41, 5.74) is 4.34. The first kappa shape index (κ1) is 21.6. The molecular weight excluding hydrogens is 443 g/mol. The molecule has 8 heteroatoms. The van der Waals surface area contributed by atoms with E-state index in [1.54, 1.807) is 18.5 Å². The van der Waals surface area contributed by atoms with Crippen LogP contribution in [-0.2, 0) is 6.54 Å². The molecule has 2 aromatic carbocycles. The van der Waals surface area contributed by atoms with Gasteiger partial charge in [-0.1, -0.05) is 25.1 Å². The number of nitrogens with zero attached hydrogens (tertiary/aromatic N) is 5. The second-order valence-corrected chi connectivity index (χ2v) is 9.34. The number of hydrogen-bond acceptors (Lipinski definition) is 6. The highest BCUT2D eigenvalue weighted by atomic mass is 19.1. The molecule has 0 spiro atoms. The lowest BCUT2D eigenvalue weighted by Crippen LogP contribution is -2.38. The van der Waals surface area contributed by atoms with Crippen LogP contribution >= 0.6 is 0 Å². The molecule has 0 amide bonds. The molecule has 1 N–H and O–H groups in total. The summed E-state index contributed by atoms with van der Waals surface area (Å²) in [6.45, 7) is 4.46. The predicted molar refractivity (Wildman–Crippen MR) is 131 cm³/mol. The zero-order chi connectivity index (χ0) is 23.8. The molecule has 176 valence electrons. The van der Waals surface area contributed by atoms with Crippen molar-refractivity contribution < 1.29 is 8.81 Å². The summed E-state index contributed by atoms with van der Waals surface area (Å²) in [4.78, 5) is 6.37. The molecule has 35 heavy (non-hydrogen) atoms. The third-order valence-electron chi connectivity index (χ3n) is 6.64. The lowest BCUT2D eigenvalue weighted by molar-refractivity contribution is 0.144. The predicted octanol–water partition coefficient (Wildman–Crippen LogP) is 5.44. The van der Waals surface area contributed by atoms with Gasteiger partial charge in [0.15, 0.2) is 0 Å². The first-order chi connectivity index (χ1) is 17.1. The van der Waals surface area contributed by atoms with Gasteiger partial charge >= 0.3 is 0 Å². The first-order valence-electron chi connectivity index (χ1n) is 11.8. The van der Waals surface area contributed by atoms with Gasteiger partial charge in [-0.05, 0) is 48.7 Å². The van der Waals surface area contributed by atoms with Crippen LogP contribution in [0.1, 0.15) is 30.7 Å². The summed E-state index contributed by atoms with van der Waals surface area (Å²) in [6, 6.07) is 16.8. The number of hydrogen-bond donors (Lipinski definition) is 1. The van der Waals surface area contributed by atoms with E-state index in [0.29, 0.717) is 29.8 Å². The molecule has 1 fully saturated rings. The van der Waals surface area contributed by atoms with Gasteiger partial charge in [0.25, 0.3) is 0 Å². The second-order valence-electron chi connectivity index (χ2n) is 9.34. The molecule has 4 heterocycles. The topological polar surface area (TPSA) is 83.7 Å². The minimum atomic E-state index is -0.164. The number of nitrogens with one attached hydrogen (secondary N) is 1. The van der Waals surface area contributed by atoms with Gasteiger partial charge < -0.3 is 4.42 Å². The summed E-state index contributed by atoms with van der Waals surface area (Å²) in [7, 11) is 0. The smallest absolute Gasteiger partial charge is 0.247 e. The van der Waals surface area contributed by atoms with Crippen LogP contribution in [0.3, 0.4) is 0 Å². The molecule has 1 aliphatic rings. The van der Waals surface area contributed by atoms with Crippen LogP contribution in [0, 0.1) is 11.7 Å². The van der Waals surface area contributed by atoms with Crippen LogP contribution < -0.4 is 0 Å². The minimum Gasteiger partial charge on any atom is -0.420 e. The Morgan fingerprint density at radius 3 is 2.74 bits per heavy atom. The first-order valence-corrected chi connectivity index (χ1v) is 11.8. The van der Waals surface area contributed by atoms with Crippen molar-refractivity contribution in [2.24, 2.45) is 5.92 Å². The number of benzene rings is 2. The van der Waals surface area contributed by atoms with Gasteiger partial charge in [0, 0.05) is 54.1 Å². The third-order valence-corrected chi connectivity index (χ3v) is 6.64. The number of fused-ring (bicyclic) bond motifs is 1. The number of halogens is 1. The molecule has 0 radical (unpaired) electrons. The molecule has 5 aromatic rings. The monoisotopic (exact) mass is 468 g/mol. The lowest BCUT2D eigenvalue weighted by atomic mass is 9.90. The van der Waals surface area contributed by atoms with Crippen molar-refractivity contribution in [3.63, 3.8) is 0 Å². The number of aromatic nitrogens is 5. The van der Waals surface area contributed by atoms with E-state index in [0.717, 1.165) is 47.2 Å². The second kappa shape index (κ2) is 9.03. The van der Waals surface area contributed by atoms with E-state index >= 15 is 0 Å². The minimum absolute atomic E-state index is 0.108. The van der Waals surface area contributed by atoms with Crippen molar-refractivity contribution in [3.8, 4) is 22.7 Å². The Hall–Kier alpha value is -3.91. The Morgan fingerprint density at radius 1 is 1.03 bits per heavy atom. The fourth-order valence-electron chi connectivity index (χ4n) is 5.03. The standard InChI is InChI=1S/C27H25FN6O/c1-17-12-21(16-34(14-17)15-20-4-2-3-5-23(20)28)27-33-32-26(35-27)19-6-7-24-22(13-19)25(31-30-24)18-8-10-29-11-9-18/h2-11,13,17,21H,12,14-16H2,1H3,(H,30,31)/t17-,21-/m1/s1. The van der Waals surface area contributed by atoms with Crippen molar-refractivity contribution in [2.45, 2.75) is 25.8 Å². The molecule has 1 saturated heterocycles. The highest BCUT2D eigenvalue weighted by molar-refractivity contribution is 5.95. The van der Waals surface area contributed by atoms with E-state index < -0.39 is 0 Å². The highest BCUT2D eigenvalue weighted by Crippen LogP contribution is 2.34. The van der Waals surface area contributed by atoms with E-state index in [4.69, 9.17) is 4.42 Å². The van der Waals surface area contributed by atoms with E-state index in [9.17, 15) is 4.39 Å². The Bertz CT molecular complexity index is 1460. The van der Waals surface area contributed by atoms with Crippen LogP contribution in [-0.4, -0.2) is 43.4 Å². The van der Waals surface area contributed by atoms with E-state index in [1.165, 1.54) is 6.07 Å². The Balaban J connectivity index is 1.25. The van der Waals surface area contributed by atoms with Crippen LogP contribution in [0.2, 0.25) is 0 Å². The van der Waals surface area contributed by atoms with Crippen LogP contribution in [0.5, 0.6) is 0 Å². The maximum Gasteiger partial charge on any atom is 0.247 e. The number of H-pyrrole nitrogens is 1. The zero-order valence-electron chi connectivity index (χ0n) is 19.4. The van der Waals surface area contributed by atoms with Gasteiger partial charge in [0.2, 0.25) is 11.8 Å². The number of piperidine rings is 1. The zero-order valence-corrected chi connectivity index (χ0v) is 19.4. The summed E-state index contributed by atoms with van der Waals surface area (Å²) >= 11 is 0. The van der Waals surface area contributed by atoms with Crippen molar-refractivity contribution in [1.29, 1.82) is 0 Å². The molecular formula is C27H25FN6O. The van der Waals surface area contributed by atoms with Crippen molar-refractivity contribution in [1.82, 2.24) is 30.3 Å². The quantitative estimate of drug-likeness (QED) is 0.370. The average Bonchev–Trinajstić information content (AvgIpc) is 3.53. The molecule has 7 nitrogen and oxygen atoms in total. The number of rotatable bonds is 5. The molecule has 1 aliphatic heterocycles. The summed E-state index contributed by atoms with van der Waals surface area (Å²) in [6.07, 6.45) is 4.47. The van der Waals surface area contributed by atoms with Gasteiger partial charge in [-0.25, -0.2) is 4.39 Å². The number of aromatic amines is 1. The Labute approximate surface area is 202 Å². The fourth-order valence-corrected chi connectivity index (χ4v) is 5.03. The van der Waals surface area contributed by atoms with Crippen molar-refractivity contribution in [2.75, 3.05) is 13.1 Å². The van der Waals surface area contributed by atoms with Crippen molar-refractivity contribution >= 4 is 10.9 Å². The maximum absolute atomic E-state index is 14.2. The van der Waals surface area contributed by atoms with E-state index in [-0.39, 0.29) is 11.7 Å². The fraction of sp³-hybridized carbons (Fsp3) is 0.259. The Morgan fingerprint density at radius 2 is 1.89 bits per heavy atom. The normalized spacial score (nSPS) is 18.8. The highest BCUT2D eigenvalue weighted by Gasteiger charge is 2.30. The van der Waals surface area contributed by atoms with E-state index in [1.807, 2.05) is 42.5 Å². The van der Waals surface area contributed by atoms with Gasteiger partial charge in [-0.3, -0.25) is 15.0 Å². The number of likely N-dealkylation sites (tertiary alicyclic amines) is 1. The van der Waals surface area contributed by atoms with Gasteiger partial charge in [-0.2, -0.15) is 5.10 Å². The molecule has 3 aromatic heterocycles. The average molecular weight is 469 g/mol. The van der Waals surface area contributed by atoms with Gasteiger partial charge in [-0.15, -0.1) is 10.2 Å². The van der Waals surface area contributed by atoms with Gasteiger partial charge in [0.1, 0.15) is 11.5 Å². The maximum atomic E-state index is 14.2. The van der Waals surface area contributed by atoms with Gasteiger partial charge in [0.05, 0.1) is 11.4 Å². The SMILES string of the molecule is C[C@@H]1C[C@@H](c2nnc(-c3ccc4[nH]nc(-c5ccncc5)c4c3)o2)CN(Cc2ccccc2F)C1. The Kier molecular flexibility index (Phi) is 5.58. The number of pyridine rings is 1. The third kappa shape index (κ3) is 4.33. The summed E-state index contributed by atoms with van der Waals surface area (Å²) in [5, 5.41) is 17.3. The largest absolute Gasteiger partial charge is 0.420 e. The molecule has 0 unspecified atom stereocenters. The molecule has 6 rings (SSSR count).